The van der Waals surface area contributed by atoms with Crippen LogP contribution in [0.3, 0.4) is 0 Å². The van der Waals surface area contributed by atoms with E-state index in [1.165, 1.54) is 11.3 Å². The standard InChI is InChI=1S/C27H23NOS3/c1-2-23(30)18-24(29)25-26(31-19-28-25)32-27(20-12-6-3-7-13-20,21-14-8-4-9-15-21)22-16-10-5-11-17-22/h3-17,19H,2,18H2,1H3. The van der Waals surface area contributed by atoms with Crippen molar-refractivity contribution in [2.24, 2.45) is 0 Å². The first-order valence-corrected chi connectivity index (χ1v) is 12.6. The molecule has 0 saturated heterocycles. The Labute approximate surface area is 202 Å². The Balaban J connectivity index is 1.90. The second-order valence-corrected chi connectivity index (χ2v) is 10.3. The summed E-state index contributed by atoms with van der Waals surface area (Å²) >= 11 is 8.53. The third-order valence-electron chi connectivity index (χ3n) is 5.34. The van der Waals surface area contributed by atoms with E-state index in [0.717, 1.165) is 32.2 Å². The third-order valence-corrected chi connectivity index (χ3v) is 8.32. The highest BCUT2D eigenvalue weighted by Crippen LogP contribution is 2.53. The largest absolute Gasteiger partial charge is 0.292 e. The van der Waals surface area contributed by atoms with Gasteiger partial charge in [0.15, 0.2) is 5.78 Å². The number of Topliss-reactive ketones (excluding diaryl/α,β-unsaturated/α-hetero) is 1. The van der Waals surface area contributed by atoms with Crippen LogP contribution < -0.4 is 0 Å². The smallest absolute Gasteiger partial charge is 0.188 e. The minimum atomic E-state index is -0.531. The molecule has 0 aliphatic rings. The zero-order valence-corrected chi connectivity index (χ0v) is 20.2. The SMILES string of the molecule is CCC(=S)CC(=O)c1ncsc1SC(c1ccccc1)(c1ccccc1)c1ccccc1. The van der Waals surface area contributed by atoms with Crippen LogP contribution in [-0.4, -0.2) is 15.6 Å². The molecule has 4 rings (SSSR count). The Hall–Kier alpha value is -2.60. The maximum absolute atomic E-state index is 13.0. The lowest BCUT2D eigenvalue weighted by atomic mass is 9.84. The van der Waals surface area contributed by atoms with Crippen LogP contribution in [0.4, 0.5) is 0 Å². The van der Waals surface area contributed by atoms with Crippen LogP contribution in [0.25, 0.3) is 0 Å². The van der Waals surface area contributed by atoms with E-state index in [1.807, 2.05) is 25.1 Å². The quantitative estimate of drug-likeness (QED) is 0.108. The number of thioether (sulfide) groups is 1. The Bertz CT molecular complexity index is 1090. The molecule has 0 saturated carbocycles. The molecule has 0 fully saturated rings. The molecule has 4 aromatic rings. The molecule has 5 heteroatoms. The molecule has 0 atom stereocenters. The predicted octanol–water partition coefficient (Wildman–Crippen LogP) is 7.58. The number of benzene rings is 3. The number of thiazole rings is 1. The van der Waals surface area contributed by atoms with E-state index in [9.17, 15) is 4.79 Å². The molecule has 0 spiro atoms. The van der Waals surface area contributed by atoms with Gasteiger partial charge in [-0.15, -0.1) is 11.3 Å². The highest BCUT2D eigenvalue weighted by Gasteiger charge is 2.39. The lowest BCUT2D eigenvalue weighted by Gasteiger charge is -2.35. The van der Waals surface area contributed by atoms with Crippen molar-refractivity contribution in [1.82, 2.24) is 4.98 Å². The fourth-order valence-electron chi connectivity index (χ4n) is 3.72. The van der Waals surface area contributed by atoms with Crippen molar-refractivity contribution in [2.45, 2.75) is 28.7 Å². The van der Waals surface area contributed by atoms with E-state index in [0.29, 0.717) is 5.69 Å². The van der Waals surface area contributed by atoms with Gasteiger partial charge in [0.1, 0.15) is 5.69 Å². The Kier molecular flexibility index (Phi) is 7.30. The summed E-state index contributed by atoms with van der Waals surface area (Å²) in [6, 6.07) is 31.4. The van der Waals surface area contributed by atoms with Crippen molar-refractivity contribution < 1.29 is 4.79 Å². The second kappa shape index (κ2) is 10.3. The van der Waals surface area contributed by atoms with E-state index < -0.39 is 4.75 Å². The number of hydrogen-bond donors (Lipinski definition) is 0. The van der Waals surface area contributed by atoms with Crippen LogP contribution >= 0.6 is 35.3 Å². The summed E-state index contributed by atoms with van der Waals surface area (Å²) in [4.78, 5) is 18.3. The molecule has 0 amide bonds. The number of thiocarbonyl (C=S) groups is 1. The van der Waals surface area contributed by atoms with Gasteiger partial charge in [-0.25, -0.2) is 4.98 Å². The van der Waals surface area contributed by atoms with E-state index in [1.54, 1.807) is 17.3 Å². The summed E-state index contributed by atoms with van der Waals surface area (Å²) < 4.78 is 0.377. The summed E-state index contributed by atoms with van der Waals surface area (Å²) in [5.41, 5.74) is 5.73. The van der Waals surface area contributed by atoms with Crippen molar-refractivity contribution in [3.05, 3.63) is 119 Å². The molecule has 32 heavy (non-hydrogen) atoms. The first-order chi connectivity index (χ1) is 15.6. The van der Waals surface area contributed by atoms with E-state index in [-0.39, 0.29) is 12.2 Å². The molecule has 0 aliphatic heterocycles. The monoisotopic (exact) mass is 473 g/mol. The number of carbonyl (C=O) groups excluding carboxylic acids is 1. The molecule has 2 nitrogen and oxygen atoms in total. The van der Waals surface area contributed by atoms with Crippen LogP contribution in [0.5, 0.6) is 0 Å². The molecule has 0 unspecified atom stereocenters. The molecular weight excluding hydrogens is 451 g/mol. The highest BCUT2D eigenvalue weighted by atomic mass is 32.2. The number of hydrogen-bond acceptors (Lipinski definition) is 5. The fourth-order valence-corrected chi connectivity index (χ4v) is 6.38. The van der Waals surface area contributed by atoms with Gasteiger partial charge in [-0.2, -0.15) is 0 Å². The minimum absolute atomic E-state index is 0.0105. The molecule has 1 aromatic heterocycles. The number of rotatable bonds is 9. The zero-order chi connectivity index (χ0) is 22.4. The van der Waals surface area contributed by atoms with Crippen molar-refractivity contribution in [2.75, 3.05) is 0 Å². The highest BCUT2D eigenvalue weighted by molar-refractivity contribution is 8.02. The lowest BCUT2D eigenvalue weighted by molar-refractivity contribution is 0.0994. The number of carbonyl (C=O) groups is 1. The van der Waals surface area contributed by atoms with E-state index >= 15 is 0 Å². The summed E-state index contributed by atoms with van der Waals surface area (Å²) in [5, 5.41) is 0. The minimum Gasteiger partial charge on any atom is -0.292 e. The lowest BCUT2D eigenvalue weighted by Crippen LogP contribution is -2.25. The average Bonchev–Trinajstić information content (AvgIpc) is 3.32. The van der Waals surface area contributed by atoms with Gasteiger partial charge >= 0.3 is 0 Å². The topological polar surface area (TPSA) is 30.0 Å². The van der Waals surface area contributed by atoms with Crippen LogP contribution in [0.15, 0.2) is 101 Å². The fraction of sp³-hybridized carbons (Fsp3) is 0.148. The van der Waals surface area contributed by atoms with Crippen LogP contribution in [0, 0.1) is 0 Å². The van der Waals surface area contributed by atoms with Crippen LogP contribution in [0.2, 0.25) is 0 Å². The average molecular weight is 474 g/mol. The van der Waals surface area contributed by atoms with E-state index in [4.69, 9.17) is 12.2 Å². The van der Waals surface area contributed by atoms with Gasteiger partial charge in [-0.05, 0) is 23.1 Å². The summed E-state index contributed by atoms with van der Waals surface area (Å²) in [7, 11) is 0. The molecule has 0 aliphatic carbocycles. The molecule has 1 heterocycles. The van der Waals surface area contributed by atoms with Crippen molar-refractivity contribution in [3.8, 4) is 0 Å². The van der Waals surface area contributed by atoms with Gasteiger partial charge in [-0.3, -0.25) is 4.79 Å². The number of ketones is 1. The molecule has 3 aromatic carbocycles. The van der Waals surface area contributed by atoms with Gasteiger partial charge in [0.05, 0.1) is 14.5 Å². The summed E-state index contributed by atoms with van der Waals surface area (Å²) in [6.07, 6.45) is 0.980. The second-order valence-electron chi connectivity index (χ2n) is 7.36. The van der Waals surface area contributed by atoms with Crippen LogP contribution in [0.1, 0.15) is 46.9 Å². The first-order valence-electron chi connectivity index (χ1n) is 10.5. The predicted molar refractivity (Wildman–Crippen MR) is 139 cm³/mol. The maximum atomic E-state index is 13.0. The van der Waals surface area contributed by atoms with Crippen molar-refractivity contribution in [3.63, 3.8) is 0 Å². The maximum Gasteiger partial charge on any atom is 0.188 e. The molecule has 0 radical (unpaired) electrons. The molecule has 0 N–H and O–H groups in total. The Morgan fingerprint density at radius 3 is 1.78 bits per heavy atom. The van der Waals surface area contributed by atoms with Gasteiger partial charge in [0, 0.05) is 11.3 Å². The van der Waals surface area contributed by atoms with Gasteiger partial charge in [-0.1, -0.05) is 122 Å². The van der Waals surface area contributed by atoms with Gasteiger partial charge in [0.25, 0.3) is 0 Å². The van der Waals surface area contributed by atoms with Crippen LogP contribution in [-0.2, 0) is 4.75 Å². The normalized spacial score (nSPS) is 11.3. The summed E-state index contributed by atoms with van der Waals surface area (Å²) in [5.74, 6) is -0.0105. The Morgan fingerprint density at radius 1 is 0.875 bits per heavy atom. The zero-order valence-electron chi connectivity index (χ0n) is 17.7. The van der Waals surface area contributed by atoms with Crippen molar-refractivity contribution in [1.29, 1.82) is 0 Å². The first kappa shape index (κ1) is 22.6. The number of aromatic nitrogens is 1. The van der Waals surface area contributed by atoms with Crippen molar-refractivity contribution >= 4 is 46.0 Å². The van der Waals surface area contributed by atoms with Gasteiger partial charge in [0.2, 0.25) is 0 Å². The Morgan fingerprint density at radius 2 is 1.34 bits per heavy atom. The van der Waals surface area contributed by atoms with E-state index in [2.05, 4.69) is 77.8 Å². The molecule has 160 valence electrons. The number of nitrogens with zero attached hydrogens (tertiary/aromatic N) is 1. The summed E-state index contributed by atoms with van der Waals surface area (Å²) in [6.45, 7) is 1.98. The molecular formula is C27H23NOS3. The third kappa shape index (κ3) is 4.60. The molecule has 0 bridgehead atoms. The van der Waals surface area contributed by atoms with Gasteiger partial charge < -0.3 is 0 Å².